The van der Waals surface area contributed by atoms with Crippen molar-refractivity contribution in [3.05, 3.63) is 71.9 Å². The number of hydrogen-bond acceptors (Lipinski definition) is 7. The Morgan fingerprint density at radius 3 is 2.87 bits per heavy atom. The summed E-state index contributed by atoms with van der Waals surface area (Å²) in [6.07, 6.45) is 4.22. The van der Waals surface area contributed by atoms with E-state index in [1.165, 1.54) is 23.1 Å². The van der Waals surface area contributed by atoms with Crippen molar-refractivity contribution in [1.82, 2.24) is 15.2 Å². The number of aromatic amines is 1. The molecule has 2 atom stereocenters. The third-order valence-electron chi connectivity index (χ3n) is 5.33. The average Bonchev–Trinajstić information content (AvgIpc) is 3.57. The van der Waals surface area contributed by atoms with Gasteiger partial charge in [0.2, 0.25) is 5.13 Å². The highest BCUT2D eigenvalue weighted by atomic mass is 32.2. The van der Waals surface area contributed by atoms with Gasteiger partial charge in [-0.2, -0.15) is 0 Å². The number of thioether (sulfide) groups is 1. The monoisotopic (exact) mass is 450 g/mol. The van der Waals surface area contributed by atoms with E-state index in [1.807, 2.05) is 54.6 Å². The minimum absolute atomic E-state index is 0.0534. The number of aromatic nitrogens is 3. The Balaban J connectivity index is 1.38. The van der Waals surface area contributed by atoms with E-state index in [2.05, 4.69) is 20.5 Å². The normalized spacial score (nSPS) is 17.1. The summed E-state index contributed by atoms with van der Waals surface area (Å²) in [5.74, 6) is 0.0534. The number of rotatable bonds is 8. The van der Waals surface area contributed by atoms with E-state index in [9.17, 15) is 4.79 Å². The zero-order valence-electron chi connectivity index (χ0n) is 16.8. The Kier molecular flexibility index (Phi) is 6.01. The molecular formula is C23H22N4O2S2. The molecule has 5 rings (SSSR count). The maximum absolute atomic E-state index is 13.6. The van der Waals surface area contributed by atoms with E-state index in [0.29, 0.717) is 5.56 Å². The highest BCUT2D eigenvalue weighted by Crippen LogP contribution is 2.40. The highest BCUT2D eigenvalue weighted by molar-refractivity contribution is 8.02. The second-order valence-corrected chi connectivity index (χ2v) is 9.74. The van der Waals surface area contributed by atoms with Crippen LogP contribution in [-0.2, 0) is 4.74 Å². The molecule has 158 valence electrons. The van der Waals surface area contributed by atoms with E-state index in [4.69, 9.17) is 4.74 Å². The lowest BCUT2D eigenvalue weighted by Gasteiger charge is -2.14. The molecule has 1 aliphatic heterocycles. The molecule has 0 bridgehead atoms. The molecule has 1 saturated heterocycles. The first-order chi connectivity index (χ1) is 15.3. The summed E-state index contributed by atoms with van der Waals surface area (Å²) >= 11 is 2.92. The van der Waals surface area contributed by atoms with Gasteiger partial charge < -0.3 is 15.0 Å². The third kappa shape index (κ3) is 4.51. The molecule has 1 aliphatic rings. The Morgan fingerprint density at radius 1 is 1.19 bits per heavy atom. The van der Waals surface area contributed by atoms with Crippen LogP contribution >= 0.6 is 23.1 Å². The van der Waals surface area contributed by atoms with Crippen molar-refractivity contribution in [3.63, 3.8) is 0 Å². The van der Waals surface area contributed by atoms with Crippen LogP contribution in [0.5, 0.6) is 0 Å². The summed E-state index contributed by atoms with van der Waals surface area (Å²) in [6, 6.07) is 17.7. The SMILES string of the molecule is O=C(c1c[nH]c2ccccc12)C(Sc1nnc(NCC2CCCO2)s1)c1ccccc1. The Hall–Kier alpha value is -2.68. The maximum atomic E-state index is 13.6. The molecule has 0 saturated carbocycles. The largest absolute Gasteiger partial charge is 0.376 e. The molecule has 8 heteroatoms. The van der Waals surface area contributed by atoms with E-state index in [-0.39, 0.29) is 11.9 Å². The Morgan fingerprint density at radius 2 is 2.03 bits per heavy atom. The first-order valence-electron chi connectivity index (χ1n) is 10.3. The molecule has 6 nitrogen and oxygen atoms in total. The number of carbonyl (C=O) groups excluding carboxylic acids is 1. The minimum atomic E-state index is -0.403. The van der Waals surface area contributed by atoms with E-state index < -0.39 is 5.25 Å². The topological polar surface area (TPSA) is 79.9 Å². The summed E-state index contributed by atoms with van der Waals surface area (Å²) in [6.45, 7) is 1.56. The first kappa shape index (κ1) is 20.2. The van der Waals surface area contributed by atoms with Crippen molar-refractivity contribution in [2.45, 2.75) is 28.5 Å². The number of carbonyl (C=O) groups is 1. The summed E-state index contributed by atoms with van der Waals surface area (Å²) < 4.78 is 6.41. The van der Waals surface area contributed by atoms with Crippen LogP contribution in [0.1, 0.15) is 34.0 Å². The number of benzene rings is 2. The van der Waals surface area contributed by atoms with Crippen molar-refractivity contribution in [1.29, 1.82) is 0 Å². The van der Waals surface area contributed by atoms with Crippen LogP contribution in [0.25, 0.3) is 10.9 Å². The highest BCUT2D eigenvalue weighted by Gasteiger charge is 2.27. The predicted octanol–water partition coefficient (Wildman–Crippen LogP) is 5.33. The molecule has 2 aromatic heterocycles. The summed E-state index contributed by atoms with van der Waals surface area (Å²) in [5, 5.41) is 13.2. The summed E-state index contributed by atoms with van der Waals surface area (Å²) in [5.41, 5.74) is 2.60. The average molecular weight is 451 g/mol. The van der Waals surface area contributed by atoms with E-state index in [1.54, 1.807) is 6.20 Å². The summed E-state index contributed by atoms with van der Waals surface area (Å²) in [4.78, 5) is 16.8. The van der Waals surface area contributed by atoms with Gasteiger partial charge in [-0.3, -0.25) is 4.79 Å². The fourth-order valence-electron chi connectivity index (χ4n) is 3.75. The lowest BCUT2D eigenvalue weighted by Crippen LogP contribution is -2.18. The third-order valence-corrected chi connectivity index (χ3v) is 7.54. The quantitative estimate of drug-likeness (QED) is 0.279. The molecule has 2 aromatic carbocycles. The number of ketones is 1. The molecule has 0 amide bonds. The number of H-pyrrole nitrogens is 1. The van der Waals surface area contributed by atoms with Gasteiger partial charge in [-0.1, -0.05) is 71.6 Å². The van der Waals surface area contributed by atoms with Crippen LogP contribution in [0, 0.1) is 0 Å². The molecule has 31 heavy (non-hydrogen) atoms. The number of para-hydroxylation sites is 1. The van der Waals surface area contributed by atoms with Gasteiger partial charge in [0, 0.05) is 35.8 Å². The van der Waals surface area contributed by atoms with E-state index in [0.717, 1.165) is 51.9 Å². The van der Waals surface area contributed by atoms with Gasteiger partial charge in [0.05, 0.1) is 6.10 Å². The molecule has 0 radical (unpaired) electrons. The van der Waals surface area contributed by atoms with Gasteiger partial charge in [-0.05, 0) is 24.5 Å². The van der Waals surface area contributed by atoms with Crippen molar-refractivity contribution in [2.75, 3.05) is 18.5 Å². The molecular weight excluding hydrogens is 428 g/mol. The van der Waals surface area contributed by atoms with Crippen molar-refractivity contribution >= 4 is 44.9 Å². The lowest BCUT2D eigenvalue weighted by atomic mass is 10.0. The Bertz CT molecular complexity index is 1170. The number of fused-ring (bicyclic) bond motifs is 1. The smallest absolute Gasteiger partial charge is 0.206 e. The lowest BCUT2D eigenvalue weighted by molar-refractivity contribution is 0.0991. The molecule has 3 heterocycles. The zero-order chi connectivity index (χ0) is 21.0. The fourth-order valence-corrected chi connectivity index (χ4v) is 5.77. The van der Waals surface area contributed by atoms with Crippen LogP contribution in [0.2, 0.25) is 0 Å². The number of hydrogen-bond donors (Lipinski definition) is 2. The van der Waals surface area contributed by atoms with Gasteiger partial charge in [0.15, 0.2) is 10.1 Å². The molecule has 0 aliphatic carbocycles. The van der Waals surface area contributed by atoms with Gasteiger partial charge in [-0.25, -0.2) is 0 Å². The van der Waals surface area contributed by atoms with Gasteiger partial charge in [0.25, 0.3) is 0 Å². The molecule has 2 N–H and O–H groups in total. The summed E-state index contributed by atoms with van der Waals surface area (Å²) in [7, 11) is 0. The number of nitrogens with one attached hydrogen (secondary N) is 2. The maximum Gasteiger partial charge on any atom is 0.206 e. The Labute approximate surface area is 188 Å². The van der Waals surface area contributed by atoms with Gasteiger partial charge in [0.1, 0.15) is 5.25 Å². The number of anilines is 1. The standard InChI is InChI=1S/C23H22N4O2S2/c28-20(18-14-24-19-11-5-4-10-17(18)19)21(15-7-2-1-3-8-15)30-23-27-26-22(31-23)25-13-16-9-6-12-29-16/h1-5,7-8,10-11,14,16,21,24H,6,9,12-13H2,(H,25,26). The van der Waals surface area contributed by atoms with Crippen molar-refractivity contribution in [3.8, 4) is 0 Å². The first-order valence-corrected chi connectivity index (χ1v) is 12.0. The fraction of sp³-hybridized carbons (Fsp3) is 0.261. The van der Waals surface area contributed by atoms with Crippen LogP contribution < -0.4 is 5.32 Å². The minimum Gasteiger partial charge on any atom is -0.376 e. The van der Waals surface area contributed by atoms with Gasteiger partial charge >= 0.3 is 0 Å². The molecule has 4 aromatic rings. The van der Waals surface area contributed by atoms with Gasteiger partial charge in [-0.15, -0.1) is 10.2 Å². The van der Waals surface area contributed by atoms with Crippen LogP contribution in [0.15, 0.2) is 65.1 Å². The zero-order valence-corrected chi connectivity index (χ0v) is 18.4. The molecule has 1 fully saturated rings. The second-order valence-electron chi connectivity index (χ2n) is 7.41. The molecule has 0 spiro atoms. The van der Waals surface area contributed by atoms with E-state index >= 15 is 0 Å². The predicted molar refractivity (Wildman–Crippen MR) is 125 cm³/mol. The van der Waals surface area contributed by atoms with Crippen LogP contribution in [0.3, 0.4) is 0 Å². The van der Waals surface area contributed by atoms with Crippen molar-refractivity contribution in [2.24, 2.45) is 0 Å². The van der Waals surface area contributed by atoms with Crippen LogP contribution in [0.4, 0.5) is 5.13 Å². The molecule has 2 unspecified atom stereocenters. The number of Topliss-reactive ketones (excluding diaryl/α,β-unsaturated/α-hetero) is 1. The second kappa shape index (κ2) is 9.21. The number of nitrogens with zero attached hydrogens (tertiary/aromatic N) is 2. The van der Waals surface area contributed by atoms with Crippen molar-refractivity contribution < 1.29 is 9.53 Å². The number of ether oxygens (including phenoxy) is 1. The van der Waals surface area contributed by atoms with Crippen LogP contribution in [-0.4, -0.2) is 40.2 Å².